The van der Waals surface area contributed by atoms with Gasteiger partial charge in [0.1, 0.15) is 22.4 Å². The van der Waals surface area contributed by atoms with E-state index in [0.717, 1.165) is 38.5 Å². The number of hydrogen-bond acceptors (Lipinski definition) is 6. The molecule has 198 valence electrons. The van der Waals surface area contributed by atoms with Gasteiger partial charge in [0.25, 0.3) is 0 Å². The number of ketones is 2. The minimum atomic E-state index is -1.30. The van der Waals surface area contributed by atoms with Gasteiger partial charge in [-0.3, -0.25) is 9.59 Å². The molecule has 0 saturated heterocycles. The van der Waals surface area contributed by atoms with E-state index in [2.05, 4.69) is 13.8 Å². The van der Waals surface area contributed by atoms with E-state index in [4.69, 9.17) is 9.78 Å². The van der Waals surface area contributed by atoms with Crippen LogP contribution in [0, 0.1) is 10.8 Å². The van der Waals surface area contributed by atoms with Gasteiger partial charge in [0.15, 0.2) is 0 Å². The fraction of sp³-hybridized carbons (Fsp3) is 0.857. The molecule has 6 nitrogen and oxygen atoms in total. The van der Waals surface area contributed by atoms with Gasteiger partial charge in [-0.2, -0.15) is 0 Å². The summed E-state index contributed by atoms with van der Waals surface area (Å²) in [5, 5.41) is 0. The van der Waals surface area contributed by atoms with Crippen LogP contribution in [0.15, 0.2) is 0 Å². The van der Waals surface area contributed by atoms with Crippen LogP contribution in [0.2, 0.25) is 0 Å². The third kappa shape index (κ3) is 9.14. The van der Waals surface area contributed by atoms with Gasteiger partial charge >= 0.3 is 11.9 Å². The van der Waals surface area contributed by atoms with Crippen LogP contribution in [0.1, 0.15) is 144 Å². The molecular weight excluding hydrogens is 432 g/mol. The number of unbranched alkanes of at least 4 members (excludes halogenated alkanes) is 4. The lowest BCUT2D eigenvalue weighted by atomic mass is 9.73. The second-order valence-electron chi connectivity index (χ2n) is 9.67. The maximum atomic E-state index is 13.3. The monoisotopic (exact) mass is 482 g/mol. The molecule has 6 heteroatoms. The molecule has 0 radical (unpaired) electrons. The first kappa shape index (κ1) is 32.3. The smallest absolute Gasteiger partial charge is 0.298 e. The lowest BCUT2D eigenvalue weighted by Crippen LogP contribution is -2.44. The summed E-state index contributed by atoms with van der Waals surface area (Å²) in [5.41, 5.74) is -2.60. The average Bonchev–Trinajstić information content (AvgIpc) is 2.81. The molecular formula is C28H50O6. The number of rotatable bonds is 20. The molecule has 34 heavy (non-hydrogen) atoms. The highest BCUT2D eigenvalue weighted by Gasteiger charge is 2.49. The van der Waals surface area contributed by atoms with Gasteiger partial charge < -0.3 is 0 Å². The molecule has 0 aliphatic rings. The Labute approximate surface area is 207 Å². The van der Waals surface area contributed by atoms with Gasteiger partial charge in [0, 0.05) is 12.8 Å². The Morgan fingerprint density at radius 3 is 1.09 bits per heavy atom. The zero-order chi connectivity index (χ0) is 26.0. The van der Waals surface area contributed by atoms with E-state index in [-0.39, 0.29) is 24.4 Å². The lowest BCUT2D eigenvalue weighted by molar-refractivity contribution is -0.273. The Hall–Kier alpha value is -1.72. The number of carbonyl (C=O) groups is 4. The summed E-state index contributed by atoms with van der Waals surface area (Å²) in [6.07, 6.45) is 9.76. The molecule has 0 spiro atoms. The summed E-state index contributed by atoms with van der Waals surface area (Å²) in [7, 11) is 0. The van der Waals surface area contributed by atoms with Gasteiger partial charge in [-0.15, -0.1) is 0 Å². The Kier molecular flexibility index (Phi) is 16.8. The maximum Gasteiger partial charge on any atom is 0.369 e. The first-order valence-corrected chi connectivity index (χ1v) is 13.8. The third-order valence-electron chi connectivity index (χ3n) is 6.76. The summed E-state index contributed by atoms with van der Waals surface area (Å²) in [4.78, 5) is 63.1. The van der Waals surface area contributed by atoms with Crippen LogP contribution in [-0.4, -0.2) is 23.5 Å². The molecule has 0 aromatic heterocycles. The zero-order valence-corrected chi connectivity index (χ0v) is 22.8. The highest BCUT2D eigenvalue weighted by molar-refractivity contribution is 6.05. The molecule has 0 fully saturated rings. The molecule has 0 aromatic rings. The van der Waals surface area contributed by atoms with Gasteiger partial charge in [0.05, 0.1) is 0 Å². The average molecular weight is 483 g/mol. The van der Waals surface area contributed by atoms with Crippen molar-refractivity contribution in [1.82, 2.24) is 0 Å². The van der Waals surface area contributed by atoms with Crippen molar-refractivity contribution in [2.24, 2.45) is 10.8 Å². The van der Waals surface area contributed by atoms with Crippen molar-refractivity contribution in [3.8, 4) is 0 Å². The molecule has 0 aliphatic heterocycles. The topological polar surface area (TPSA) is 86.7 Å². The second kappa shape index (κ2) is 17.7. The first-order valence-electron chi connectivity index (χ1n) is 13.8. The molecule has 0 aliphatic carbocycles. The van der Waals surface area contributed by atoms with Crippen molar-refractivity contribution in [2.45, 2.75) is 144 Å². The van der Waals surface area contributed by atoms with E-state index < -0.39 is 22.8 Å². The predicted octanol–water partition coefficient (Wildman–Crippen LogP) is 7.46. The molecule has 0 amide bonds. The fourth-order valence-electron chi connectivity index (χ4n) is 4.82. The normalized spacial score (nSPS) is 14.6. The van der Waals surface area contributed by atoms with Crippen LogP contribution >= 0.6 is 0 Å². The Morgan fingerprint density at radius 2 is 0.824 bits per heavy atom. The minimum Gasteiger partial charge on any atom is -0.298 e. The molecule has 2 unspecified atom stereocenters. The predicted molar refractivity (Wildman–Crippen MR) is 135 cm³/mol. The Bertz CT molecular complexity index is 574. The highest BCUT2D eigenvalue weighted by Crippen LogP contribution is 2.38. The Morgan fingerprint density at radius 1 is 0.471 bits per heavy atom. The van der Waals surface area contributed by atoms with E-state index in [1.165, 1.54) is 0 Å². The van der Waals surface area contributed by atoms with Crippen LogP contribution in [0.3, 0.4) is 0 Å². The van der Waals surface area contributed by atoms with Crippen molar-refractivity contribution < 1.29 is 29.0 Å². The molecule has 0 N–H and O–H groups in total. The SMILES string of the molecule is CCCCCC(CCC)(C(=O)CCC)C(=O)OOC(=O)C(CCC)(CCCCC)C(=O)CCC. The van der Waals surface area contributed by atoms with Crippen LogP contribution in [0.25, 0.3) is 0 Å². The summed E-state index contributed by atoms with van der Waals surface area (Å²) < 4.78 is 0. The van der Waals surface area contributed by atoms with Crippen LogP contribution < -0.4 is 0 Å². The highest BCUT2D eigenvalue weighted by atomic mass is 17.2. The molecule has 0 aromatic carbocycles. The fourth-order valence-corrected chi connectivity index (χ4v) is 4.82. The van der Waals surface area contributed by atoms with Gasteiger partial charge in [-0.05, 0) is 38.5 Å². The zero-order valence-electron chi connectivity index (χ0n) is 22.8. The third-order valence-corrected chi connectivity index (χ3v) is 6.76. The van der Waals surface area contributed by atoms with Crippen molar-refractivity contribution in [2.75, 3.05) is 0 Å². The van der Waals surface area contributed by atoms with Crippen molar-refractivity contribution in [1.29, 1.82) is 0 Å². The van der Waals surface area contributed by atoms with Crippen LogP contribution in [-0.2, 0) is 29.0 Å². The summed E-state index contributed by atoms with van der Waals surface area (Å²) in [6.45, 7) is 11.8. The second-order valence-corrected chi connectivity index (χ2v) is 9.67. The van der Waals surface area contributed by atoms with E-state index in [1.54, 1.807) is 0 Å². The molecule has 0 saturated carbocycles. The van der Waals surface area contributed by atoms with Gasteiger partial charge in [0.2, 0.25) is 0 Å². The van der Waals surface area contributed by atoms with E-state index >= 15 is 0 Å². The Balaban J connectivity index is 5.87. The minimum absolute atomic E-state index is 0.154. The van der Waals surface area contributed by atoms with Crippen LogP contribution in [0.4, 0.5) is 0 Å². The molecule has 2 atom stereocenters. The first-order chi connectivity index (χ1) is 16.3. The summed E-state index contributed by atoms with van der Waals surface area (Å²) in [5.74, 6) is -1.89. The molecule has 0 bridgehead atoms. The lowest BCUT2D eigenvalue weighted by Gasteiger charge is -2.31. The standard InChI is InChI=1S/C28H50O6/c1-7-13-15-21-27(19-11-5,23(29)17-9-3)25(31)33-34-26(32)28(20-12-6,22-16-14-8-2)24(30)18-10-4/h7-22H2,1-6H3. The molecule has 0 rings (SSSR count). The maximum absolute atomic E-state index is 13.3. The van der Waals surface area contributed by atoms with E-state index in [1.807, 2.05) is 27.7 Å². The quantitative estimate of drug-likeness (QED) is 0.0774. The van der Waals surface area contributed by atoms with Crippen molar-refractivity contribution in [3.63, 3.8) is 0 Å². The van der Waals surface area contributed by atoms with E-state index in [9.17, 15) is 19.2 Å². The number of Topliss-reactive ketones (excluding diaryl/α,β-unsaturated/α-hetero) is 2. The largest absolute Gasteiger partial charge is 0.369 e. The van der Waals surface area contributed by atoms with Gasteiger partial charge in [-0.1, -0.05) is 92.9 Å². The summed E-state index contributed by atoms with van der Waals surface area (Å²) in [6, 6.07) is 0. The molecule has 0 heterocycles. The van der Waals surface area contributed by atoms with Crippen LogP contribution in [0.5, 0.6) is 0 Å². The number of hydrogen-bond donors (Lipinski definition) is 0. The van der Waals surface area contributed by atoms with E-state index in [0.29, 0.717) is 51.4 Å². The van der Waals surface area contributed by atoms with Gasteiger partial charge in [-0.25, -0.2) is 19.4 Å². The summed E-state index contributed by atoms with van der Waals surface area (Å²) >= 11 is 0. The van der Waals surface area contributed by atoms with Crippen molar-refractivity contribution in [3.05, 3.63) is 0 Å². The number of carbonyl (C=O) groups excluding carboxylic acids is 4. The van der Waals surface area contributed by atoms with Crippen molar-refractivity contribution >= 4 is 23.5 Å².